The normalized spacial score (nSPS) is 14.3. The lowest BCUT2D eigenvalue weighted by Gasteiger charge is -2.00. The van der Waals surface area contributed by atoms with E-state index < -0.39 is 0 Å². The predicted octanol–water partition coefficient (Wildman–Crippen LogP) is 6.20. The molecule has 2 N–H and O–H groups in total. The van der Waals surface area contributed by atoms with Crippen LogP contribution in [0.5, 0.6) is 0 Å². The van der Waals surface area contributed by atoms with Crippen molar-refractivity contribution in [2.45, 2.75) is 58.8 Å². The van der Waals surface area contributed by atoms with E-state index in [-0.39, 0.29) is 11.8 Å². The molecule has 0 aromatic heterocycles. The third kappa shape index (κ3) is 18.1. The van der Waals surface area contributed by atoms with Crippen molar-refractivity contribution in [3.8, 4) is 0 Å². The molecule has 0 aliphatic rings. The Morgan fingerprint density at radius 2 is 1.00 bits per heavy atom. The third-order valence-corrected chi connectivity index (χ3v) is 3.57. The number of rotatable bonds is 14. The second-order valence-electron chi connectivity index (χ2n) is 5.95. The van der Waals surface area contributed by atoms with Crippen LogP contribution in [-0.4, -0.2) is 5.91 Å². The minimum Gasteiger partial charge on any atom is -0.369 e. The molecule has 0 bridgehead atoms. The van der Waals surface area contributed by atoms with Gasteiger partial charge in [0.1, 0.15) is 0 Å². The van der Waals surface area contributed by atoms with Crippen molar-refractivity contribution in [1.82, 2.24) is 0 Å². The van der Waals surface area contributed by atoms with Crippen LogP contribution in [0.25, 0.3) is 0 Å². The summed E-state index contributed by atoms with van der Waals surface area (Å²) in [4.78, 5) is 10.9. The van der Waals surface area contributed by atoms with E-state index in [9.17, 15) is 4.79 Å². The van der Waals surface area contributed by atoms with Crippen LogP contribution >= 0.6 is 0 Å². The number of nitrogens with two attached hydrogens (primary N) is 1. The molecule has 138 valence electrons. The molecule has 1 amide bonds. The van der Waals surface area contributed by atoms with E-state index in [1.165, 1.54) is 0 Å². The van der Waals surface area contributed by atoms with Crippen LogP contribution in [0.2, 0.25) is 0 Å². The maximum atomic E-state index is 10.9. The Balaban J connectivity index is 3.59. The number of carbonyl (C=O) groups excluding carboxylic acids is 1. The summed E-state index contributed by atoms with van der Waals surface area (Å²) in [6.45, 7) is 4.00. The van der Waals surface area contributed by atoms with Gasteiger partial charge in [0.25, 0.3) is 0 Å². The number of carbonyl (C=O) groups is 1. The van der Waals surface area contributed by atoms with Crippen LogP contribution in [0.3, 0.4) is 0 Å². The van der Waals surface area contributed by atoms with Crippen LogP contribution in [-0.2, 0) is 4.79 Å². The van der Waals surface area contributed by atoms with Gasteiger partial charge in [0.2, 0.25) is 5.91 Å². The third-order valence-electron chi connectivity index (χ3n) is 3.57. The molecule has 0 heterocycles. The van der Waals surface area contributed by atoms with Gasteiger partial charge in [-0.25, -0.2) is 0 Å². The molecule has 0 aliphatic carbocycles. The van der Waals surface area contributed by atoms with E-state index in [0.29, 0.717) is 0 Å². The molecule has 0 saturated carbocycles. The Labute approximate surface area is 154 Å². The smallest absolute Gasteiger partial charge is 0.220 e. The molecule has 0 aromatic carbocycles. The molecule has 0 fully saturated rings. The quantitative estimate of drug-likeness (QED) is 0.376. The van der Waals surface area contributed by atoms with Crippen molar-refractivity contribution in [3.63, 3.8) is 0 Å². The highest BCUT2D eigenvalue weighted by atomic mass is 16.1. The summed E-state index contributed by atoms with van der Waals surface area (Å²) in [5, 5.41) is 0. The average Bonchev–Trinajstić information content (AvgIpc) is 2.60. The zero-order chi connectivity index (χ0) is 18.6. The molecule has 0 saturated heterocycles. The first-order valence-corrected chi connectivity index (χ1v) is 9.37. The maximum Gasteiger partial charge on any atom is 0.220 e. The molecular formula is C23H35NO. The van der Waals surface area contributed by atoms with E-state index >= 15 is 0 Å². The second kappa shape index (κ2) is 18.3. The Kier molecular flexibility index (Phi) is 16.7. The summed E-state index contributed by atoms with van der Waals surface area (Å²) >= 11 is 0. The van der Waals surface area contributed by atoms with E-state index in [0.717, 1.165) is 44.9 Å². The van der Waals surface area contributed by atoms with E-state index in [1.807, 2.05) is 13.0 Å². The highest BCUT2D eigenvalue weighted by Gasteiger charge is 2.04. The fourth-order valence-electron chi connectivity index (χ4n) is 1.94. The van der Waals surface area contributed by atoms with Gasteiger partial charge in [-0.3, -0.25) is 4.79 Å². The van der Waals surface area contributed by atoms with Crippen molar-refractivity contribution < 1.29 is 4.79 Å². The maximum absolute atomic E-state index is 10.9. The van der Waals surface area contributed by atoms with Crippen LogP contribution in [0.15, 0.2) is 72.9 Å². The fourth-order valence-corrected chi connectivity index (χ4v) is 1.94. The van der Waals surface area contributed by atoms with Crippen molar-refractivity contribution in [2.75, 3.05) is 0 Å². The molecule has 0 radical (unpaired) electrons. The lowest BCUT2D eigenvalue weighted by Crippen LogP contribution is -2.19. The van der Waals surface area contributed by atoms with Gasteiger partial charge in [0.05, 0.1) is 0 Å². The Bertz CT molecular complexity index is 492. The lowest BCUT2D eigenvalue weighted by atomic mass is 10.1. The van der Waals surface area contributed by atoms with Gasteiger partial charge in [-0.15, -0.1) is 0 Å². The minimum absolute atomic E-state index is 0.0791. The van der Waals surface area contributed by atoms with Crippen LogP contribution < -0.4 is 5.73 Å². The van der Waals surface area contributed by atoms with Gasteiger partial charge in [-0.1, -0.05) is 86.8 Å². The Morgan fingerprint density at radius 1 is 0.680 bits per heavy atom. The van der Waals surface area contributed by atoms with E-state index in [1.54, 1.807) is 0 Å². The van der Waals surface area contributed by atoms with Crippen molar-refractivity contribution in [1.29, 1.82) is 0 Å². The zero-order valence-corrected chi connectivity index (χ0v) is 15.9. The van der Waals surface area contributed by atoms with Gasteiger partial charge in [-0.05, 0) is 44.9 Å². The first-order valence-electron chi connectivity index (χ1n) is 9.37. The number of allylic oxidation sites excluding steroid dienone is 12. The first-order chi connectivity index (χ1) is 12.2. The molecule has 25 heavy (non-hydrogen) atoms. The van der Waals surface area contributed by atoms with E-state index in [4.69, 9.17) is 5.73 Å². The largest absolute Gasteiger partial charge is 0.369 e. The Morgan fingerprint density at radius 3 is 1.32 bits per heavy atom. The van der Waals surface area contributed by atoms with Gasteiger partial charge in [-0.2, -0.15) is 0 Å². The molecule has 0 spiro atoms. The average molecular weight is 342 g/mol. The summed E-state index contributed by atoms with van der Waals surface area (Å²) in [5.41, 5.74) is 5.21. The number of hydrogen-bond donors (Lipinski definition) is 1. The topological polar surface area (TPSA) is 43.1 Å². The van der Waals surface area contributed by atoms with Crippen LogP contribution in [0.1, 0.15) is 58.8 Å². The summed E-state index contributed by atoms with van der Waals surface area (Å²) in [5.74, 6) is -0.316. The molecular weight excluding hydrogens is 306 g/mol. The minimum atomic E-state index is -0.237. The number of primary amides is 1. The molecule has 2 heteroatoms. The van der Waals surface area contributed by atoms with E-state index in [2.05, 4.69) is 73.8 Å². The highest BCUT2D eigenvalue weighted by molar-refractivity contribution is 5.76. The van der Waals surface area contributed by atoms with Gasteiger partial charge >= 0.3 is 0 Å². The molecule has 0 aliphatic heterocycles. The molecule has 1 atom stereocenters. The van der Waals surface area contributed by atoms with Gasteiger partial charge in [0.15, 0.2) is 0 Å². The SMILES string of the molecule is CC/C=C\C/C=C\C/C=C\C/C=C\C/C=C\C/C=C\CC(C)C(N)=O. The predicted molar refractivity (Wildman–Crippen MR) is 111 cm³/mol. The van der Waals surface area contributed by atoms with Crippen molar-refractivity contribution in [3.05, 3.63) is 72.9 Å². The Hall–Kier alpha value is -2.09. The highest BCUT2D eigenvalue weighted by Crippen LogP contribution is 2.02. The summed E-state index contributed by atoms with van der Waals surface area (Å²) in [6, 6.07) is 0. The zero-order valence-electron chi connectivity index (χ0n) is 15.9. The standard InChI is InChI=1S/C23H35NO/c1-3-4-5-6-7-8-9-10-11-12-13-14-15-16-17-18-19-20-21-22(2)23(24)25/h4-5,7-8,10-11,13-14,16-17,19-20,22H,3,6,9,12,15,18,21H2,1-2H3,(H2,24,25)/b5-4-,8-7-,11-10-,14-13-,17-16-,20-19-. The van der Waals surface area contributed by atoms with Gasteiger partial charge in [0, 0.05) is 5.92 Å². The molecule has 2 nitrogen and oxygen atoms in total. The van der Waals surface area contributed by atoms with Crippen LogP contribution in [0.4, 0.5) is 0 Å². The van der Waals surface area contributed by atoms with Crippen LogP contribution in [0, 0.1) is 5.92 Å². The monoisotopic (exact) mass is 341 g/mol. The van der Waals surface area contributed by atoms with Crippen molar-refractivity contribution >= 4 is 5.91 Å². The van der Waals surface area contributed by atoms with Gasteiger partial charge < -0.3 is 5.73 Å². The fraction of sp³-hybridized carbons (Fsp3) is 0.435. The molecule has 0 rings (SSSR count). The summed E-state index contributed by atoms with van der Waals surface area (Å²) < 4.78 is 0. The second-order valence-corrected chi connectivity index (χ2v) is 5.95. The lowest BCUT2D eigenvalue weighted by molar-refractivity contribution is -0.121. The molecule has 0 aromatic rings. The number of amides is 1. The number of hydrogen-bond acceptors (Lipinski definition) is 1. The first kappa shape index (κ1) is 22.9. The van der Waals surface area contributed by atoms with Crippen molar-refractivity contribution in [2.24, 2.45) is 11.7 Å². The molecule has 1 unspecified atom stereocenters. The summed E-state index contributed by atoms with van der Waals surface area (Å²) in [6.07, 6.45) is 32.7. The summed E-state index contributed by atoms with van der Waals surface area (Å²) in [7, 11) is 0.